The summed E-state index contributed by atoms with van der Waals surface area (Å²) in [6, 6.07) is 6.27. The number of carbonyl (C=O) groups is 1. The van der Waals surface area contributed by atoms with Gasteiger partial charge < -0.3 is 5.32 Å². The predicted octanol–water partition coefficient (Wildman–Crippen LogP) is 3.25. The van der Waals surface area contributed by atoms with Crippen molar-refractivity contribution in [3.05, 3.63) is 23.8 Å². The first-order chi connectivity index (χ1) is 12.4. The molecular formula is C18H25N3O3S2. The quantitative estimate of drug-likeness (QED) is 0.814. The van der Waals surface area contributed by atoms with Crippen LogP contribution in [0.2, 0.25) is 0 Å². The van der Waals surface area contributed by atoms with Crippen molar-refractivity contribution < 1.29 is 13.2 Å². The lowest BCUT2D eigenvalue weighted by atomic mass is 9.97. The Morgan fingerprint density at radius 1 is 1.35 bits per heavy atom. The molecule has 26 heavy (non-hydrogen) atoms. The molecule has 1 aliphatic rings. The molecule has 1 aliphatic heterocycles. The van der Waals surface area contributed by atoms with Crippen molar-refractivity contribution in [3.63, 3.8) is 0 Å². The smallest absolute Gasteiger partial charge is 0.229 e. The summed E-state index contributed by atoms with van der Waals surface area (Å²) >= 11 is 1.49. The molecule has 1 saturated heterocycles. The number of sulfonamides is 1. The van der Waals surface area contributed by atoms with Crippen LogP contribution in [0.25, 0.3) is 10.2 Å². The Bertz CT molecular complexity index is 884. The Morgan fingerprint density at radius 2 is 2.08 bits per heavy atom. The van der Waals surface area contributed by atoms with Crippen molar-refractivity contribution in [2.24, 2.45) is 5.92 Å². The van der Waals surface area contributed by atoms with E-state index in [9.17, 15) is 13.2 Å². The molecule has 0 radical (unpaired) electrons. The lowest BCUT2D eigenvalue weighted by Crippen LogP contribution is -2.40. The topological polar surface area (TPSA) is 79.4 Å². The highest BCUT2D eigenvalue weighted by atomic mass is 32.2. The molecule has 2 aromatic rings. The fourth-order valence-electron chi connectivity index (χ4n) is 3.22. The van der Waals surface area contributed by atoms with Gasteiger partial charge in [0.25, 0.3) is 0 Å². The SMILES string of the molecule is CCCCc1ccc2nc(NC(=O)C3CCN(S(C)(=O)=O)CC3)sc2c1. The van der Waals surface area contributed by atoms with Gasteiger partial charge in [0.2, 0.25) is 15.9 Å². The third-order valence-electron chi connectivity index (χ3n) is 4.80. The molecule has 1 fully saturated rings. The molecule has 0 spiro atoms. The van der Waals surface area contributed by atoms with E-state index in [1.54, 1.807) is 0 Å². The number of carbonyl (C=O) groups excluding carboxylic acids is 1. The Kier molecular flexibility index (Phi) is 5.94. The molecular weight excluding hydrogens is 370 g/mol. The molecule has 0 aliphatic carbocycles. The molecule has 0 unspecified atom stereocenters. The van der Waals surface area contributed by atoms with Crippen molar-refractivity contribution in [1.29, 1.82) is 0 Å². The molecule has 1 aromatic carbocycles. The molecule has 1 aromatic heterocycles. The second kappa shape index (κ2) is 8.02. The van der Waals surface area contributed by atoms with Crippen molar-refractivity contribution >= 4 is 42.6 Å². The summed E-state index contributed by atoms with van der Waals surface area (Å²) in [4.78, 5) is 17.0. The normalized spacial score (nSPS) is 16.8. The van der Waals surface area contributed by atoms with Gasteiger partial charge in [0.1, 0.15) is 0 Å². The number of benzene rings is 1. The highest BCUT2D eigenvalue weighted by Crippen LogP contribution is 2.28. The summed E-state index contributed by atoms with van der Waals surface area (Å²) in [6.45, 7) is 2.98. The Labute approximate surface area is 158 Å². The Balaban J connectivity index is 1.62. The number of hydrogen-bond acceptors (Lipinski definition) is 5. The molecule has 3 rings (SSSR count). The Morgan fingerprint density at radius 3 is 2.73 bits per heavy atom. The van der Waals surface area contributed by atoms with Crippen LogP contribution >= 0.6 is 11.3 Å². The van der Waals surface area contributed by atoms with Gasteiger partial charge in [-0.2, -0.15) is 0 Å². The van der Waals surface area contributed by atoms with Gasteiger partial charge in [-0.1, -0.05) is 30.7 Å². The number of fused-ring (bicyclic) bond motifs is 1. The van der Waals surface area contributed by atoms with Gasteiger partial charge in [-0.25, -0.2) is 17.7 Å². The van der Waals surface area contributed by atoms with Gasteiger partial charge >= 0.3 is 0 Å². The molecule has 6 nitrogen and oxygen atoms in total. The number of hydrogen-bond donors (Lipinski definition) is 1. The maximum atomic E-state index is 12.5. The van der Waals surface area contributed by atoms with Gasteiger partial charge in [0.15, 0.2) is 5.13 Å². The highest BCUT2D eigenvalue weighted by molar-refractivity contribution is 7.88. The number of anilines is 1. The molecule has 0 saturated carbocycles. The minimum absolute atomic E-state index is 0.0663. The van der Waals surface area contributed by atoms with E-state index >= 15 is 0 Å². The van der Waals surface area contributed by atoms with Crippen LogP contribution in [0.3, 0.4) is 0 Å². The van der Waals surface area contributed by atoms with E-state index in [0.717, 1.165) is 16.6 Å². The van der Waals surface area contributed by atoms with Gasteiger partial charge in [-0.05, 0) is 43.4 Å². The van der Waals surface area contributed by atoms with Crippen LogP contribution in [0.4, 0.5) is 5.13 Å². The second-order valence-corrected chi connectivity index (χ2v) is 9.86. The first-order valence-electron chi connectivity index (χ1n) is 9.02. The van der Waals surface area contributed by atoms with Crippen LogP contribution in [-0.2, 0) is 21.2 Å². The van der Waals surface area contributed by atoms with E-state index in [4.69, 9.17) is 0 Å². The molecule has 8 heteroatoms. The van der Waals surface area contributed by atoms with E-state index in [-0.39, 0.29) is 11.8 Å². The predicted molar refractivity (Wildman–Crippen MR) is 106 cm³/mol. The lowest BCUT2D eigenvalue weighted by Gasteiger charge is -2.29. The zero-order valence-corrected chi connectivity index (χ0v) is 16.8. The average molecular weight is 396 g/mol. The third-order valence-corrected chi connectivity index (χ3v) is 7.03. The van der Waals surface area contributed by atoms with Crippen LogP contribution in [0.1, 0.15) is 38.2 Å². The molecule has 142 valence electrons. The summed E-state index contributed by atoms with van der Waals surface area (Å²) < 4.78 is 25.6. The maximum Gasteiger partial charge on any atom is 0.229 e. The standard InChI is InChI=1S/C18H25N3O3S2/c1-3-4-5-13-6-7-15-16(12-13)25-18(19-15)20-17(22)14-8-10-21(11-9-14)26(2,23)24/h6-7,12,14H,3-5,8-11H2,1-2H3,(H,19,20,22). The number of amides is 1. The van der Waals surface area contributed by atoms with Crippen LogP contribution in [0, 0.1) is 5.92 Å². The summed E-state index contributed by atoms with van der Waals surface area (Å²) in [5, 5.41) is 3.53. The first kappa shape index (κ1) is 19.3. The van der Waals surface area contributed by atoms with Crippen molar-refractivity contribution in [2.75, 3.05) is 24.7 Å². The zero-order valence-electron chi connectivity index (χ0n) is 15.2. The van der Waals surface area contributed by atoms with E-state index in [1.807, 2.05) is 6.07 Å². The monoisotopic (exact) mass is 395 g/mol. The minimum Gasteiger partial charge on any atom is -0.302 e. The number of thiazole rings is 1. The second-order valence-electron chi connectivity index (χ2n) is 6.85. The van der Waals surface area contributed by atoms with Crippen molar-refractivity contribution in [2.45, 2.75) is 39.0 Å². The zero-order chi connectivity index (χ0) is 18.7. The number of nitrogens with zero attached hydrogens (tertiary/aromatic N) is 2. The molecule has 1 N–H and O–H groups in total. The fourth-order valence-corrected chi connectivity index (χ4v) is 5.02. The number of aryl methyl sites for hydroxylation is 1. The number of rotatable bonds is 6. The van der Waals surface area contributed by atoms with E-state index in [0.29, 0.717) is 31.1 Å². The Hall–Kier alpha value is -1.51. The molecule has 0 bridgehead atoms. The largest absolute Gasteiger partial charge is 0.302 e. The van der Waals surface area contributed by atoms with Crippen molar-refractivity contribution in [1.82, 2.24) is 9.29 Å². The van der Waals surface area contributed by atoms with Crippen LogP contribution in [0.15, 0.2) is 18.2 Å². The van der Waals surface area contributed by atoms with Gasteiger partial charge in [0, 0.05) is 19.0 Å². The minimum atomic E-state index is -3.17. The van der Waals surface area contributed by atoms with Gasteiger partial charge in [-0.15, -0.1) is 0 Å². The van der Waals surface area contributed by atoms with Crippen LogP contribution in [-0.4, -0.2) is 43.0 Å². The molecule has 2 heterocycles. The third kappa shape index (κ3) is 4.61. The van der Waals surface area contributed by atoms with Crippen LogP contribution in [0.5, 0.6) is 0 Å². The molecule has 1 amide bonds. The summed E-state index contributed by atoms with van der Waals surface area (Å²) in [6.07, 6.45) is 5.70. The van der Waals surface area contributed by atoms with Gasteiger partial charge in [0.05, 0.1) is 16.5 Å². The van der Waals surface area contributed by atoms with E-state index in [2.05, 4.69) is 29.4 Å². The number of aromatic nitrogens is 1. The lowest BCUT2D eigenvalue weighted by molar-refractivity contribution is -0.120. The van der Waals surface area contributed by atoms with Gasteiger partial charge in [-0.3, -0.25) is 4.79 Å². The average Bonchev–Trinajstić information content (AvgIpc) is 3.00. The number of unbranched alkanes of at least 4 members (excludes halogenated alkanes) is 1. The maximum absolute atomic E-state index is 12.5. The first-order valence-corrected chi connectivity index (χ1v) is 11.7. The van der Waals surface area contributed by atoms with Crippen molar-refractivity contribution in [3.8, 4) is 0 Å². The highest BCUT2D eigenvalue weighted by Gasteiger charge is 2.29. The fraction of sp³-hybridized carbons (Fsp3) is 0.556. The number of piperidine rings is 1. The van der Waals surface area contributed by atoms with E-state index in [1.165, 1.54) is 40.3 Å². The summed E-state index contributed by atoms with van der Waals surface area (Å²) in [5.74, 6) is -0.233. The van der Waals surface area contributed by atoms with Crippen LogP contribution < -0.4 is 5.32 Å². The van der Waals surface area contributed by atoms with E-state index < -0.39 is 10.0 Å². The summed E-state index contributed by atoms with van der Waals surface area (Å²) in [5.41, 5.74) is 2.20. The number of nitrogens with one attached hydrogen (secondary N) is 1. The molecule has 0 atom stereocenters. The summed E-state index contributed by atoms with van der Waals surface area (Å²) in [7, 11) is -3.17.